The van der Waals surface area contributed by atoms with Crippen molar-refractivity contribution >= 4 is 34.5 Å². The maximum absolute atomic E-state index is 6.07. The fourth-order valence-corrected chi connectivity index (χ4v) is 3.02. The van der Waals surface area contributed by atoms with E-state index >= 15 is 0 Å². The Labute approximate surface area is 108 Å². The van der Waals surface area contributed by atoms with Crippen LogP contribution in [0.5, 0.6) is 0 Å². The summed E-state index contributed by atoms with van der Waals surface area (Å²) in [5.74, 6) is 1.64. The molecule has 2 aromatic rings. The largest absolute Gasteiger partial charge is 0.464 e. The van der Waals surface area contributed by atoms with E-state index in [9.17, 15) is 0 Å². The Balaban J connectivity index is 2.31. The lowest BCUT2D eigenvalue weighted by Gasteiger charge is -2.07. The van der Waals surface area contributed by atoms with E-state index < -0.39 is 0 Å². The number of aryl methyl sites for hydroxylation is 1. The smallest absolute Gasteiger partial charge is 0.125 e. The van der Waals surface area contributed by atoms with Crippen LogP contribution in [0.15, 0.2) is 22.6 Å². The van der Waals surface area contributed by atoms with Crippen molar-refractivity contribution in [2.45, 2.75) is 19.4 Å². The van der Waals surface area contributed by atoms with Crippen LogP contribution >= 0.6 is 34.5 Å². The summed E-state index contributed by atoms with van der Waals surface area (Å²) in [6.07, 6.45) is 0.852. The Morgan fingerprint density at radius 3 is 2.69 bits per heavy atom. The number of rotatable bonds is 3. The van der Waals surface area contributed by atoms with Crippen LogP contribution in [0.25, 0.3) is 0 Å². The molecule has 0 aliphatic rings. The first kappa shape index (κ1) is 12.0. The number of nitrogens with two attached hydrogens (primary N) is 1. The zero-order valence-electron chi connectivity index (χ0n) is 8.67. The molecule has 2 rings (SSSR count). The second-order valence-corrected chi connectivity index (χ2v) is 5.70. The predicted octanol–water partition coefficient (Wildman–Crippen LogP) is 4.26. The molecule has 0 fully saturated rings. The maximum atomic E-state index is 6.07. The third-order valence-corrected chi connectivity index (χ3v) is 3.87. The van der Waals surface area contributed by atoms with E-state index in [0.717, 1.165) is 17.7 Å². The summed E-state index contributed by atoms with van der Waals surface area (Å²) in [6, 6.07) is 5.24. The number of furan rings is 1. The molecule has 86 valence electrons. The summed E-state index contributed by atoms with van der Waals surface area (Å²) in [7, 11) is 0. The molecular formula is C11H11Cl2NOS. The van der Waals surface area contributed by atoms with E-state index in [0.29, 0.717) is 14.4 Å². The average Bonchev–Trinajstić information content (AvgIpc) is 2.84. The highest BCUT2D eigenvalue weighted by molar-refractivity contribution is 7.20. The Bertz CT molecular complexity index is 492. The molecule has 0 aliphatic carbocycles. The average molecular weight is 276 g/mol. The topological polar surface area (TPSA) is 39.2 Å². The van der Waals surface area contributed by atoms with Crippen molar-refractivity contribution in [2.75, 3.05) is 0 Å². The van der Waals surface area contributed by atoms with Crippen LogP contribution in [-0.2, 0) is 6.42 Å². The lowest BCUT2D eigenvalue weighted by atomic mass is 10.1. The number of thiophene rings is 1. The van der Waals surface area contributed by atoms with E-state index in [1.807, 2.05) is 19.1 Å². The van der Waals surface area contributed by atoms with Gasteiger partial charge in [0.2, 0.25) is 0 Å². The Morgan fingerprint density at radius 2 is 2.19 bits per heavy atom. The predicted molar refractivity (Wildman–Crippen MR) is 68.5 cm³/mol. The Kier molecular flexibility index (Phi) is 3.60. The molecule has 16 heavy (non-hydrogen) atoms. The summed E-state index contributed by atoms with van der Waals surface area (Å²) in [6.45, 7) is 2.03. The van der Waals surface area contributed by atoms with Crippen molar-refractivity contribution < 1.29 is 4.42 Å². The van der Waals surface area contributed by atoms with Crippen molar-refractivity contribution in [3.63, 3.8) is 0 Å². The van der Waals surface area contributed by atoms with E-state index in [1.54, 1.807) is 6.07 Å². The lowest BCUT2D eigenvalue weighted by Crippen LogP contribution is -2.10. The quantitative estimate of drug-likeness (QED) is 0.909. The minimum atomic E-state index is -0.350. The van der Waals surface area contributed by atoms with E-state index in [1.165, 1.54) is 11.3 Å². The Hall–Kier alpha value is -0.480. The van der Waals surface area contributed by atoms with Crippen molar-refractivity contribution in [1.29, 1.82) is 0 Å². The molecule has 0 aromatic carbocycles. The second kappa shape index (κ2) is 4.80. The van der Waals surface area contributed by atoms with Gasteiger partial charge < -0.3 is 10.2 Å². The molecule has 1 atom stereocenters. The minimum Gasteiger partial charge on any atom is -0.464 e. The molecule has 5 heteroatoms. The van der Waals surface area contributed by atoms with Gasteiger partial charge >= 0.3 is 0 Å². The van der Waals surface area contributed by atoms with Gasteiger partial charge in [-0.1, -0.05) is 30.1 Å². The van der Waals surface area contributed by atoms with Crippen LogP contribution in [0.1, 0.15) is 30.0 Å². The summed E-state index contributed by atoms with van der Waals surface area (Å²) < 4.78 is 6.85. The molecular weight excluding hydrogens is 265 g/mol. The first-order valence-corrected chi connectivity index (χ1v) is 6.48. The summed E-state index contributed by atoms with van der Waals surface area (Å²) in [5.41, 5.74) is 6.88. The molecule has 2 heterocycles. The van der Waals surface area contributed by atoms with Gasteiger partial charge in [0.25, 0.3) is 0 Å². The van der Waals surface area contributed by atoms with Crippen LogP contribution in [0.3, 0.4) is 0 Å². The first-order chi connectivity index (χ1) is 7.61. The van der Waals surface area contributed by atoms with Crippen molar-refractivity contribution in [3.05, 3.63) is 44.0 Å². The van der Waals surface area contributed by atoms with Crippen LogP contribution < -0.4 is 5.73 Å². The minimum absolute atomic E-state index is 0.350. The third-order valence-electron chi connectivity index (χ3n) is 2.36. The summed E-state index contributed by atoms with van der Waals surface area (Å²) >= 11 is 13.2. The van der Waals surface area contributed by atoms with Gasteiger partial charge in [0, 0.05) is 12.0 Å². The summed E-state index contributed by atoms with van der Waals surface area (Å²) in [5, 5.41) is 0. The van der Waals surface area contributed by atoms with Gasteiger partial charge in [-0.3, -0.25) is 0 Å². The fraction of sp³-hybridized carbons (Fsp3) is 0.273. The molecule has 0 saturated carbocycles. The number of hydrogen-bond acceptors (Lipinski definition) is 3. The molecule has 0 amide bonds. The van der Waals surface area contributed by atoms with Crippen molar-refractivity contribution in [3.8, 4) is 0 Å². The van der Waals surface area contributed by atoms with Gasteiger partial charge in [0.1, 0.15) is 11.5 Å². The second-order valence-electron chi connectivity index (χ2n) is 3.41. The third kappa shape index (κ3) is 2.28. The van der Waals surface area contributed by atoms with Crippen LogP contribution in [0.2, 0.25) is 8.67 Å². The van der Waals surface area contributed by atoms with Gasteiger partial charge in [0.15, 0.2) is 0 Å². The van der Waals surface area contributed by atoms with Crippen molar-refractivity contribution in [2.24, 2.45) is 5.73 Å². The highest BCUT2D eigenvalue weighted by atomic mass is 35.5. The normalized spacial score (nSPS) is 13.0. The van der Waals surface area contributed by atoms with E-state index in [4.69, 9.17) is 33.4 Å². The number of halogens is 2. The van der Waals surface area contributed by atoms with Crippen molar-refractivity contribution in [1.82, 2.24) is 0 Å². The van der Waals surface area contributed by atoms with E-state index in [-0.39, 0.29) is 6.04 Å². The molecule has 1 unspecified atom stereocenters. The molecule has 0 saturated heterocycles. The zero-order valence-corrected chi connectivity index (χ0v) is 11.0. The van der Waals surface area contributed by atoms with Crippen LogP contribution in [0.4, 0.5) is 0 Å². The maximum Gasteiger partial charge on any atom is 0.125 e. The molecule has 0 radical (unpaired) electrons. The molecule has 2 aromatic heterocycles. The highest BCUT2D eigenvalue weighted by Gasteiger charge is 2.18. The SMILES string of the molecule is CCc1ccc(C(N)c2cc(Cl)sc2Cl)o1. The first-order valence-electron chi connectivity index (χ1n) is 4.90. The highest BCUT2D eigenvalue weighted by Crippen LogP contribution is 2.36. The van der Waals surface area contributed by atoms with Gasteiger partial charge in [0.05, 0.1) is 14.7 Å². The van der Waals surface area contributed by atoms with Crippen LogP contribution in [-0.4, -0.2) is 0 Å². The molecule has 2 N–H and O–H groups in total. The molecule has 2 nitrogen and oxygen atoms in total. The van der Waals surface area contributed by atoms with Gasteiger partial charge in [-0.25, -0.2) is 0 Å². The van der Waals surface area contributed by atoms with Gasteiger partial charge in [-0.15, -0.1) is 11.3 Å². The summed E-state index contributed by atoms with van der Waals surface area (Å²) in [4.78, 5) is 0. The zero-order chi connectivity index (χ0) is 11.7. The molecule has 0 spiro atoms. The lowest BCUT2D eigenvalue weighted by molar-refractivity contribution is 0.454. The molecule has 0 aliphatic heterocycles. The standard InChI is InChI=1S/C11H11Cl2NOS/c1-2-6-3-4-8(15-6)10(14)7-5-9(12)16-11(7)13/h3-5,10H,2,14H2,1H3. The van der Waals surface area contributed by atoms with Gasteiger partial charge in [-0.05, 0) is 18.2 Å². The van der Waals surface area contributed by atoms with Gasteiger partial charge in [-0.2, -0.15) is 0 Å². The van der Waals surface area contributed by atoms with E-state index in [2.05, 4.69) is 0 Å². The Morgan fingerprint density at radius 1 is 1.44 bits per heavy atom. The monoisotopic (exact) mass is 275 g/mol. The number of hydrogen-bond donors (Lipinski definition) is 1. The molecule has 0 bridgehead atoms. The fourth-order valence-electron chi connectivity index (χ4n) is 1.47. The van der Waals surface area contributed by atoms with Crippen LogP contribution in [0, 0.1) is 0 Å².